The Labute approximate surface area is 112 Å². The van der Waals surface area contributed by atoms with E-state index in [1.165, 1.54) is 18.5 Å². The van der Waals surface area contributed by atoms with Crippen LogP contribution in [0.2, 0.25) is 5.02 Å². The fraction of sp³-hybridized carbons (Fsp3) is 0.357. The molecule has 1 saturated carbocycles. The van der Waals surface area contributed by atoms with Gasteiger partial charge in [0.05, 0.1) is 18.6 Å². The van der Waals surface area contributed by atoms with Gasteiger partial charge in [0.15, 0.2) is 0 Å². The molecule has 1 N–H and O–H groups in total. The molecule has 0 bridgehead atoms. The Hall–Kier alpha value is -1.48. The zero-order chi connectivity index (χ0) is 12.5. The van der Waals surface area contributed by atoms with Gasteiger partial charge < -0.3 is 9.88 Å². The first kappa shape index (κ1) is 11.6. The van der Waals surface area contributed by atoms with Gasteiger partial charge in [-0.25, -0.2) is 4.98 Å². The molecule has 0 saturated heterocycles. The lowest BCUT2D eigenvalue weighted by atomic mass is 10.2. The summed E-state index contributed by atoms with van der Waals surface area (Å²) >= 11 is 6.11. The first-order valence-corrected chi connectivity index (χ1v) is 6.62. The van der Waals surface area contributed by atoms with E-state index in [4.69, 9.17) is 11.6 Å². The number of rotatable bonds is 4. The third-order valence-electron chi connectivity index (χ3n) is 3.33. The number of hydrogen-bond acceptors (Lipinski definition) is 2. The highest BCUT2D eigenvalue weighted by atomic mass is 35.5. The van der Waals surface area contributed by atoms with Crippen LogP contribution in [0.5, 0.6) is 0 Å². The van der Waals surface area contributed by atoms with Crippen LogP contribution in [-0.2, 0) is 6.54 Å². The molecule has 1 aromatic carbocycles. The van der Waals surface area contributed by atoms with E-state index < -0.39 is 0 Å². The minimum absolute atomic E-state index is 0.672. The van der Waals surface area contributed by atoms with Gasteiger partial charge in [0.1, 0.15) is 0 Å². The largest absolute Gasteiger partial charge is 0.379 e. The van der Waals surface area contributed by atoms with Crippen molar-refractivity contribution in [1.82, 2.24) is 9.55 Å². The van der Waals surface area contributed by atoms with Crippen LogP contribution < -0.4 is 5.32 Å². The van der Waals surface area contributed by atoms with Crippen LogP contribution in [0.3, 0.4) is 0 Å². The molecule has 0 atom stereocenters. The van der Waals surface area contributed by atoms with Crippen molar-refractivity contribution in [2.75, 3.05) is 5.32 Å². The molecular weight excluding hydrogens is 246 g/mol. The van der Waals surface area contributed by atoms with E-state index in [0.717, 1.165) is 22.8 Å². The first-order chi connectivity index (χ1) is 8.74. The van der Waals surface area contributed by atoms with Gasteiger partial charge in [-0.15, -0.1) is 0 Å². The zero-order valence-electron chi connectivity index (χ0n) is 10.4. The highest BCUT2D eigenvalue weighted by Crippen LogP contribution is 2.35. The van der Waals surface area contributed by atoms with Crippen molar-refractivity contribution in [1.29, 1.82) is 0 Å². The lowest BCUT2D eigenvalue weighted by molar-refractivity contribution is 0.701. The third kappa shape index (κ3) is 2.36. The summed E-state index contributed by atoms with van der Waals surface area (Å²) in [5.41, 5.74) is 3.38. The molecule has 0 radical (unpaired) electrons. The standard InChI is InChI=1S/C14H16ClN3/c1-10-2-3-11(6-14(10)15)17-8-13-7-16-9-18(13)12-4-5-12/h2-3,6-7,9,12,17H,4-5,8H2,1H3. The molecule has 2 aromatic rings. The zero-order valence-corrected chi connectivity index (χ0v) is 11.1. The second kappa shape index (κ2) is 4.65. The summed E-state index contributed by atoms with van der Waals surface area (Å²) in [5.74, 6) is 0. The van der Waals surface area contributed by atoms with E-state index in [-0.39, 0.29) is 0 Å². The lowest BCUT2D eigenvalue weighted by Crippen LogP contribution is -2.05. The second-order valence-electron chi connectivity index (χ2n) is 4.84. The minimum Gasteiger partial charge on any atom is -0.379 e. The normalized spacial score (nSPS) is 14.8. The third-order valence-corrected chi connectivity index (χ3v) is 3.74. The van der Waals surface area contributed by atoms with E-state index in [0.29, 0.717) is 6.04 Å². The van der Waals surface area contributed by atoms with Crippen molar-refractivity contribution in [3.63, 3.8) is 0 Å². The summed E-state index contributed by atoms with van der Waals surface area (Å²) in [7, 11) is 0. The Morgan fingerprint density at radius 3 is 3.00 bits per heavy atom. The summed E-state index contributed by atoms with van der Waals surface area (Å²) in [6.07, 6.45) is 6.41. The Bertz CT molecular complexity index is 558. The van der Waals surface area contributed by atoms with Gasteiger partial charge >= 0.3 is 0 Å². The quantitative estimate of drug-likeness (QED) is 0.907. The van der Waals surface area contributed by atoms with Crippen molar-refractivity contribution in [2.45, 2.75) is 32.4 Å². The number of imidazole rings is 1. The smallest absolute Gasteiger partial charge is 0.0951 e. The van der Waals surface area contributed by atoms with Crippen LogP contribution in [0.25, 0.3) is 0 Å². The number of hydrogen-bond donors (Lipinski definition) is 1. The average molecular weight is 262 g/mol. The maximum atomic E-state index is 6.11. The van der Waals surface area contributed by atoms with E-state index in [9.17, 15) is 0 Å². The number of halogens is 1. The molecule has 18 heavy (non-hydrogen) atoms. The Kier molecular flexibility index (Phi) is 3.00. The minimum atomic E-state index is 0.672. The molecular formula is C14H16ClN3. The van der Waals surface area contributed by atoms with E-state index in [1.807, 2.05) is 31.6 Å². The molecule has 1 aliphatic rings. The SMILES string of the molecule is Cc1ccc(NCc2cncn2C2CC2)cc1Cl. The molecule has 4 heteroatoms. The molecule has 0 spiro atoms. The molecule has 94 valence electrons. The van der Waals surface area contributed by atoms with Crippen molar-refractivity contribution < 1.29 is 0 Å². The molecule has 3 rings (SSSR count). The summed E-state index contributed by atoms with van der Waals surface area (Å²) in [6, 6.07) is 6.72. The molecule has 0 unspecified atom stereocenters. The highest BCUT2D eigenvalue weighted by molar-refractivity contribution is 6.31. The summed E-state index contributed by atoms with van der Waals surface area (Å²) in [6.45, 7) is 2.80. The molecule has 1 heterocycles. The Balaban J connectivity index is 1.69. The predicted molar refractivity (Wildman–Crippen MR) is 74.0 cm³/mol. The van der Waals surface area contributed by atoms with Gasteiger partial charge in [0, 0.05) is 22.9 Å². The summed E-state index contributed by atoms with van der Waals surface area (Å²) in [5, 5.41) is 4.19. The van der Waals surface area contributed by atoms with E-state index in [1.54, 1.807) is 0 Å². The summed E-state index contributed by atoms with van der Waals surface area (Å²) < 4.78 is 2.27. The number of nitrogens with one attached hydrogen (secondary N) is 1. The number of aromatic nitrogens is 2. The van der Waals surface area contributed by atoms with Gasteiger partial charge in [-0.1, -0.05) is 17.7 Å². The number of aryl methyl sites for hydroxylation is 1. The van der Waals surface area contributed by atoms with E-state index in [2.05, 4.69) is 20.9 Å². The van der Waals surface area contributed by atoms with Crippen molar-refractivity contribution in [3.8, 4) is 0 Å². The predicted octanol–water partition coefficient (Wildman–Crippen LogP) is 3.79. The van der Waals surface area contributed by atoms with Gasteiger partial charge in [-0.2, -0.15) is 0 Å². The van der Waals surface area contributed by atoms with Gasteiger partial charge in [-0.05, 0) is 37.5 Å². The van der Waals surface area contributed by atoms with Crippen LogP contribution in [0.4, 0.5) is 5.69 Å². The fourth-order valence-corrected chi connectivity index (χ4v) is 2.23. The monoisotopic (exact) mass is 261 g/mol. The second-order valence-corrected chi connectivity index (χ2v) is 5.25. The first-order valence-electron chi connectivity index (χ1n) is 6.25. The number of nitrogens with zero attached hydrogens (tertiary/aromatic N) is 2. The summed E-state index contributed by atoms with van der Waals surface area (Å²) in [4.78, 5) is 4.22. The van der Waals surface area contributed by atoms with Crippen LogP contribution in [0, 0.1) is 6.92 Å². The number of anilines is 1. The maximum Gasteiger partial charge on any atom is 0.0951 e. The molecule has 1 aromatic heterocycles. The number of benzene rings is 1. The van der Waals surface area contributed by atoms with Crippen LogP contribution in [-0.4, -0.2) is 9.55 Å². The van der Waals surface area contributed by atoms with Crippen LogP contribution in [0.15, 0.2) is 30.7 Å². The van der Waals surface area contributed by atoms with Crippen LogP contribution in [0.1, 0.15) is 30.1 Å². The van der Waals surface area contributed by atoms with E-state index >= 15 is 0 Å². The maximum absolute atomic E-state index is 6.11. The topological polar surface area (TPSA) is 29.9 Å². The Morgan fingerprint density at radius 1 is 1.44 bits per heavy atom. The van der Waals surface area contributed by atoms with Gasteiger partial charge in [-0.3, -0.25) is 0 Å². The molecule has 0 amide bonds. The fourth-order valence-electron chi connectivity index (χ4n) is 2.05. The highest BCUT2D eigenvalue weighted by Gasteiger charge is 2.24. The van der Waals surface area contributed by atoms with Crippen molar-refractivity contribution in [3.05, 3.63) is 47.0 Å². The molecule has 1 aliphatic carbocycles. The van der Waals surface area contributed by atoms with Crippen molar-refractivity contribution >= 4 is 17.3 Å². The average Bonchev–Trinajstić information content (AvgIpc) is 3.10. The molecule has 3 nitrogen and oxygen atoms in total. The lowest BCUT2D eigenvalue weighted by Gasteiger charge is -2.10. The Morgan fingerprint density at radius 2 is 2.28 bits per heavy atom. The van der Waals surface area contributed by atoms with Crippen molar-refractivity contribution in [2.24, 2.45) is 0 Å². The molecule has 1 fully saturated rings. The van der Waals surface area contributed by atoms with Gasteiger partial charge in [0.25, 0.3) is 0 Å². The van der Waals surface area contributed by atoms with Gasteiger partial charge in [0.2, 0.25) is 0 Å². The molecule has 0 aliphatic heterocycles. The van der Waals surface area contributed by atoms with Crippen LogP contribution >= 0.6 is 11.6 Å².